The first kappa shape index (κ1) is 10.9. The summed E-state index contributed by atoms with van der Waals surface area (Å²) >= 11 is 3.28. The van der Waals surface area contributed by atoms with Crippen molar-refractivity contribution in [3.8, 4) is 6.07 Å². The van der Waals surface area contributed by atoms with Crippen molar-refractivity contribution in [1.29, 1.82) is 5.26 Å². The average Bonchev–Trinajstić information content (AvgIpc) is 2.20. The topological polar surface area (TPSA) is 52.8 Å². The maximum atomic E-state index is 8.85. The van der Waals surface area contributed by atoms with Crippen LogP contribution in [0.3, 0.4) is 0 Å². The van der Waals surface area contributed by atoms with Crippen LogP contribution in [0, 0.1) is 11.3 Å². The molecule has 74 valence electrons. The molecule has 0 amide bonds. The molecule has 0 saturated carbocycles. The van der Waals surface area contributed by atoms with Gasteiger partial charge < -0.3 is 4.90 Å². The van der Waals surface area contributed by atoms with Crippen molar-refractivity contribution in [3.63, 3.8) is 0 Å². The fourth-order valence-electron chi connectivity index (χ4n) is 0.951. The van der Waals surface area contributed by atoms with Crippen molar-refractivity contribution in [3.05, 3.63) is 18.0 Å². The van der Waals surface area contributed by atoms with Crippen LogP contribution in [0.2, 0.25) is 0 Å². The lowest BCUT2D eigenvalue weighted by atomic mass is 10.1. The molecule has 1 rings (SSSR count). The third kappa shape index (κ3) is 2.42. The SMILES string of the molecule is CN(C)c1nccc(C(C#N)CBr)n1. The van der Waals surface area contributed by atoms with Crippen molar-refractivity contribution in [2.45, 2.75) is 5.92 Å². The van der Waals surface area contributed by atoms with Crippen LogP contribution in [0.15, 0.2) is 12.3 Å². The van der Waals surface area contributed by atoms with E-state index in [0.717, 1.165) is 5.69 Å². The standard InChI is InChI=1S/C9H11BrN4/c1-14(2)9-12-4-3-8(13-9)7(5-10)6-11/h3-4,7H,5H2,1-2H3. The third-order valence-electron chi connectivity index (χ3n) is 1.73. The minimum Gasteiger partial charge on any atom is -0.347 e. The molecular formula is C9H11BrN4. The Balaban J connectivity index is 3.00. The first-order valence-corrected chi connectivity index (χ1v) is 5.27. The van der Waals surface area contributed by atoms with Gasteiger partial charge in [0.15, 0.2) is 0 Å². The quantitative estimate of drug-likeness (QED) is 0.769. The van der Waals surface area contributed by atoms with E-state index in [1.54, 1.807) is 12.3 Å². The molecule has 1 aromatic rings. The lowest BCUT2D eigenvalue weighted by Gasteiger charge is -2.11. The van der Waals surface area contributed by atoms with Crippen LogP contribution in [0.5, 0.6) is 0 Å². The fraction of sp³-hybridized carbons (Fsp3) is 0.444. The minimum absolute atomic E-state index is 0.211. The zero-order chi connectivity index (χ0) is 10.6. The second kappa shape index (κ2) is 4.91. The van der Waals surface area contributed by atoms with Gasteiger partial charge in [-0.25, -0.2) is 9.97 Å². The number of rotatable bonds is 3. The van der Waals surface area contributed by atoms with Gasteiger partial charge in [0.1, 0.15) is 0 Å². The molecule has 1 heterocycles. The van der Waals surface area contributed by atoms with Crippen molar-refractivity contribution in [2.24, 2.45) is 0 Å². The second-order valence-corrected chi connectivity index (χ2v) is 3.66. The molecule has 0 bridgehead atoms. The first-order chi connectivity index (χ1) is 6.69. The Morgan fingerprint density at radius 2 is 2.36 bits per heavy atom. The van der Waals surface area contributed by atoms with Gasteiger partial charge in [0.05, 0.1) is 17.7 Å². The molecule has 0 radical (unpaired) electrons. The first-order valence-electron chi connectivity index (χ1n) is 4.15. The normalized spacial score (nSPS) is 11.9. The summed E-state index contributed by atoms with van der Waals surface area (Å²) in [5.74, 6) is 0.417. The fourth-order valence-corrected chi connectivity index (χ4v) is 1.43. The maximum absolute atomic E-state index is 8.85. The molecular weight excluding hydrogens is 244 g/mol. The van der Waals surface area contributed by atoms with Crippen LogP contribution in [0.25, 0.3) is 0 Å². The predicted octanol–water partition coefficient (Wildman–Crippen LogP) is 1.54. The van der Waals surface area contributed by atoms with Crippen LogP contribution < -0.4 is 4.90 Å². The predicted molar refractivity (Wildman–Crippen MR) is 58.5 cm³/mol. The Morgan fingerprint density at radius 1 is 1.64 bits per heavy atom. The number of halogens is 1. The summed E-state index contributed by atoms with van der Waals surface area (Å²) in [5, 5.41) is 9.45. The van der Waals surface area contributed by atoms with Crippen LogP contribution in [0.4, 0.5) is 5.95 Å². The van der Waals surface area contributed by atoms with Gasteiger partial charge in [0.2, 0.25) is 5.95 Å². The highest BCUT2D eigenvalue weighted by atomic mass is 79.9. The van der Waals surface area contributed by atoms with Crippen molar-refractivity contribution >= 4 is 21.9 Å². The van der Waals surface area contributed by atoms with E-state index < -0.39 is 0 Å². The summed E-state index contributed by atoms with van der Waals surface area (Å²) in [6.45, 7) is 0. The highest BCUT2D eigenvalue weighted by Gasteiger charge is 2.11. The largest absolute Gasteiger partial charge is 0.347 e. The molecule has 1 aromatic heterocycles. The molecule has 0 saturated heterocycles. The van der Waals surface area contributed by atoms with E-state index in [0.29, 0.717) is 11.3 Å². The Bertz CT molecular complexity index is 345. The summed E-state index contributed by atoms with van der Waals surface area (Å²) in [6, 6.07) is 3.94. The van der Waals surface area contributed by atoms with E-state index in [9.17, 15) is 0 Å². The minimum atomic E-state index is -0.211. The van der Waals surface area contributed by atoms with Crippen molar-refractivity contribution in [2.75, 3.05) is 24.3 Å². The molecule has 4 nitrogen and oxygen atoms in total. The van der Waals surface area contributed by atoms with Crippen LogP contribution >= 0.6 is 15.9 Å². The highest BCUT2D eigenvalue weighted by Crippen LogP contribution is 2.16. The number of nitriles is 1. The van der Waals surface area contributed by atoms with E-state index in [4.69, 9.17) is 5.26 Å². The van der Waals surface area contributed by atoms with E-state index in [-0.39, 0.29) is 5.92 Å². The van der Waals surface area contributed by atoms with E-state index in [1.165, 1.54) is 0 Å². The molecule has 0 spiro atoms. The summed E-state index contributed by atoms with van der Waals surface area (Å²) in [5.41, 5.74) is 0.753. The van der Waals surface area contributed by atoms with Gasteiger partial charge in [-0.3, -0.25) is 0 Å². The van der Waals surface area contributed by atoms with E-state index in [2.05, 4.69) is 32.0 Å². The Labute approximate surface area is 91.7 Å². The van der Waals surface area contributed by atoms with Crippen molar-refractivity contribution in [1.82, 2.24) is 9.97 Å². The molecule has 0 aliphatic carbocycles. The molecule has 0 aliphatic heterocycles. The monoisotopic (exact) mass is 254 g/mol. The second-order valence-electron chi connectivity index (χ2n) is 3.01. The maximum Gasteiger partial charge on any atom is 0.225 e. The molecule has 0 aliphatic rings. The molecule has 0 N–H and O–H groups in total. The van der Waals surface area contributed by atoms with Gasteiger partial charge in [-0.2, -0.15) is 5.26 Å². The lowest BCUT2D eigenvalue weighted by Crippen LogP contribution is -2.14. The Hall–Kier alpha value is -1.15. The van der Waals surface area contributed by atoms with Crippen LogP contribution in [-0.2, 0) is 0 Å². The molecule has 14 heavy (non-hydrogen) atoms. The summed E-state index contributed by atoms with van der Waals surface area (Å²) in [7, 11) is 3.74. The average molecular weight is 255 g/mol. The zero-order valence-corrected chi connectivity index (χ0v) is 9.69. The van der Waals surface area contributed by atoms with Gasteiger partial charge >= 0.3 is 0 Å². The van der Waals surface area contributed by atoms with E-state index in [1.807, 2.05) is 19.0 Å². The number of hydrogen-bond acceptors (Lipinski definition) is 4. The molecule has 0 fully saturated rings. The van der Waals surface area contributed by atoms with Crippen LogP contribution in [-0.4, -0.2) is 29.4 Å². The number of alkyl halides is 1. The zero-order valence-electron chi connectivity index (χ0n) is 8.11. The van der Waals surface area contributed by atoms with Gasteiger partial charge in [-0.05, 0) is 6.07 Å². The van der Waals surface area contributed by atoms with E-state index >= 15 is 0 Å². The number of anilines is 1. The number of aromatic nitrogens is 2. The molecule has 1 atom stereocenters. The summed E-state index contributed by atoms with van der Waals surface area (Å²) in [6.07, 6.45) is 1.67. The highest BCUT2D eigenvalue weighted by molar-refractivity contribution is 9.09. The van der Waals surface area contributed by atoms with Crippen molar-refractivity contribution < 1.29 is 0 Å². The van der Waals surface area contributed by atoms with Gasteiger partial charge in [-0.1, -0.05) is 15.9 Å². The number of hydrogen-bond donors (Lipinski definition) is 0. The Morgan fingerprint density at radius 3 is 2.86 bits per heavy atom. The molecule has 1 unspecified atom stereocenters. The molecule has 0 aromatic carbocycles. The third-order valence-corrected chi connectivity index (χ3v) is 2.38. The van der Waals surface area contributed by atoms with Gasteiger partial charge in [0.25, 0.3) is 0 Å². The summed E-state index contributed by atoms with van der Waals surface area (Å²) in [4.78, 5) is 10.2. The van der Waals surface area contributed by atoms with Gasteiger partial charge in [-0.15, -0.1) is 0 Å². The Kier molecular flexibility index (Phi) is 3.84. The van der Waals surface area contributed by atoms with Gasteiger partial charge in [0, 0.05) is 25.6 Å². The lowest BCUT2D eigenvalue weighted by molar-refractivity contribution is 0.893. The number of nitrogens with zero attached hydrogens (tertiary/aromatic N) is 4. The summed E-state index contributed by atoms with van der Waals surface area (Å²) < 4.78 is 0. The smallest absolute Gasteiger partial charge is 0.225 e. The molecule has 5 heteroatoms. The van der Waals surface area contributed by atoms with Crippen LogP contribution in [0.1, 0.15) is 11.6 Å².